The van der Waals surface area contributed by atoms with Crippen LogP contribution < -0.4 is 18.9 Å². The fourth-order valence-electron chi connectivity index (χ4n) is 4.62. The number of aromatic hydroxyl groups is 1. The van der Waals surface area contributed by atoms with Gasteiger partial charge in [-0.1, -0.05) is 23.8 Å². The zero-order valence-electron chi connectivity index (χ0n) is 19.7. The summed E-state index contributed by atoms with van der Waals surface area (Å²) in [5, 5.41) is 17.5. The van der Waals surface area contributed by atoms with Gasteiger partial charge in [0.1, 0.15) is 5.75 Å². The second kappa shape index (κ2) is 8.82. The molecule has 0 spiro atoms. The third kappa shape index (κ3) is 3.67. The Kier molecular flexibility index (Phi) is 5.69. The molecule has 7 heteroatoms. The lowest BCUT2D eigenvalue weighted by molar-refractivity contribution is -0.0210. The van der Waals surface area contributed by atoms with E-state index >= 15 is 0 Å². The van der Waals surface area contributed by atoms with Crippen LogP contribution in [-0.2, 0) is 0 Å². The van der Waals surface area contributed by atoms with Gasteiger partial charge >= 0.3 is 0 Å². The van der Waals surface area contributed by atoms with Crippen LogP contribution in [0.25, 0.3) is 0 Å². The summed E-state index contributed by atoms with van der Waals surface area (Å²) in [6.45, 7) is 4.48. The third-order valence-corrected chi connectivity index (χ3v) is 6.24. The normalized spacial score (nSPS) is 18.5. The number of para-hydroxylation sites is 1. The molecule has 0 saturated heterocycles. The van der Waals surface area contributed by atoms with Gasteiger partial charge in [0.25, 0.3) is 0 Å². The Balaban J connectivity index is 1.62. The van der Waals surface area contributed by atoms with E-state index in [1.165, 1.54) is 0 Å². The SMILES string of the molecule is CCOc1ccc([C@@H]2Oc3c(OC)cccc3[C@H]3CC(c4cc(C)ccc4O)=NN32)cc1OC. The summed E-state index contributed by atoms with van der Waals surface area (Å²) < 4.78 is 23.4. The largest absolute Gasteiger partial charge is 0.507 e. The van der Waals surface area contributed by atoms with Crippen LogP contribution in [0.2, 0.25) is 0 Å². The number of fused-ring (bicyclic) bond motifs is 3. The van der Waals surface area contributed by atoms with Crippen LogP contribution in [0.3, 0.4) is 0 Å². The molecule has 0 aromatic heterocycles. The van der Waals surface area contributed by atoms with E-state index < -0.39 is 6.23 Å². The number of hydrazone groups is 1. The van der Waals surface area contributed by atoms with E-state index in [2.05, 4.69) is 0 Å². The van der Waals surface area contributed by atoms with Gasteiger partial charge in [0.15, 0.2) is 23.0 Å². The van der Waals surface area contributed by atoms with Gasteiger partial charge in [0.05, 0.1) is 32.6 Å². The van der Waals surface area contributed by atoms with Gasteiger partial charge < -0.3 is 24.1 Å². The highest BCUT2D eigenvalue weighted by Gasteiger charge is 2.42. The van der Waals surface area contributed by atoms with E-state index in [1.807, 2.05) is 67.4 Å². The Labute approximate surface area is 199 Å². The molecule has 0 aliphatic carbocycles. The minimum Gasteiger partial charge on any atom is -0.507 e. The van der Waals surface area contributed by atoms with Gasteiger partial charge in [-0.25, -0.2) is 5.01 Å². The van der Waals surface area contributed by atoms with Crippen LogP contribution >= 0.6 is 0 Å². The number of phenols is 1. The standard InChI is InChI=1S/C27H28N2O5/c1-5-33-23-12-10-17(14-25(23)32-4)27-29-21(18-7-6-8-24(31-3)26(18)34-27)15-20(28-29)19-13-16(2)9-11-22(19)30/h6-14,21,27,30H,5,15H2,1-4H3/t21-,27+/m1/s1. The first-order valence-corrected chi connectivity index (χ1v) is 11.3. The van der Waals surface area contributed by atoms with E-state index in [-0.39, 0.29) is 11.8 Å². The second-order valence-corrected chi connectivity index (χ2v) is 8.36. The summed E-state index contributed by atoms with van der Waals surface area (Å²) in [5.74, 6) is 2.90. The molecule has 0 saturated carbocycles. The zero-order chi connectivity index (χ0) is 23.8. The quantitative estimate of drug-likeness (QED) is 0.534. The zero-order valence-corrected chi connectivity index (χ0v) is 19.7. The van der Waals surface area contributed by atoms with E-state index in [0.717, 1.165) is 28.0 Å². The van der Waals surface area contributed by atoms with Gasteiger partial charge in [-0.15, -0.1) is 0 Å². The number of nitrogens with zero attached hydrogens (tertiary/aromatic N) is 2. The van der Waals surface area contributed by atoms with Crippen LogP contribution in [0, 0.1) is 6.92 Å². The van der Waals surface area contributed by atoms with Crippen molar-refractivity contribution in [1.29, 1.82) is 0 Å². The molecule has 2 atom stereocenters. The van der Waals surface area contributed by atoms with Crippen molar-refractivity contribution in [2.75, 3.05) is 20.8 Å². The van der Waals surface area contributed by atoms with E-state index in [0.29, 0.717) is 36.0 Å². The van der Waals surface area contributed by atoms with Crippen molar-refractivity contribution in [3.8, 4) is 28.7 Å². The first kappa shape index (κ1) is 21.9. The van der Waals surface area contributed by atoms with Crippen LogP contribution in [0.4, 0.5) is 0 Å². The topological polar surface area (TPSA) is 72.8 Å². The molecule has 2 aliphatic rings. The second-order valence-electron chi connectivity index (χ2n) is 8.36. The maximum absolute atomic E-state index is 10.6. The Morgan fingerprint density at radius 2 is 1.85 bits per heavy atom. The summed E-state index contributed by atoms with van der Waals surface area (Å²) in [7, 11) is 3.26. The molecule has 0 radical (unpaired) electrons. The summed E-state index contributed by atoms with van der Waals surface area (Å²) in [6.07, 6.45) is 0.119. The van der Waals surface area contributed by atoms with Crippen molar-refractivity contribution < 1.29 is 24.1 Å². The molecular weight excluding hydrogens is 432 g/mol. The number of aryl methyl sites for hydroxylation is 1. The van der Waals surface area contributed by atoms with E-state index in [9.17, 15) is 5.11 Å². The molecule has 7 nitrogen and oxygen atoms in total. The van der Waals surface area contributed by atoms with Crippen molar-refractivity contribution in [1.82, 2.24) is 5.01 Å². The molecule has 2 aliphatic heterocycles. The molecule has 2 heterocycles. The van der Waals surface area contributed by atoms with Crippen LogP contribution in [-0.4, -0.2) is 36.7 Å². The van der Waals surface area contributed by atoms with E-state index in [1.54, 1.807) is 20.3 Å². The van der Waals surface area contributed by atoms with Crippen molar-refractivity contribution in [3.63, 3.8) is 0 Å². The minimum atomic E-state index is -0.511. The molecule has 0 amide bonds. The summed E-state index contributed by atoms with van der Waals surface area (Å²) in [5.41, 5.74) is 4.49. The monoisotopic (exact) mass is 460 g/mol. The van der Waals surface area contributed by atoms with E-state index in [4.69, 9.17) is 24.0 Å². The average Bonchev–Trinajstić information content (AvgIpc) is 3.30. The first-order chi connectivity index (χ1) is 16.5. The van der Waals surface area contributed by atoms with Gasteiger partial charge in [-0.2, -0.15) is 5.10 Å². The molecular formula is C27H28N2O5. The lowest BCUT2D eigenvalue weighted by Gasteiger charge is -2.38. The smallest absolute Gasteiger partial charge is 0.214 e. The maximum atomic E-state index is 10.6. The molecule has 3 aromatic rings. The van der Waals surface area contributed by atoms with Gasteiger partial charge in [-0.3, -0.25) is 0 Å². The number of phenolic OH excluding ortho intramolecular Hbond substituents is 1. The fraction of sp³-hybridized carbons (Fsp3) is 0.296. The minimum absolute atomic E-state index is 0.0728. The highest BCUT2D eigenvalue weighted by Crippen LogP contribution is 2.51. The number of benzene rings is 3. The molecule has 5 rings (SSSR count). The molecule has 1 N–H and O–H groups in total. The average molecular weight is 461 g/mol. The van der Waals surface area contributed by atoms with Gasteiger partial charge in [0.2, 0.25) is 6.23 Å². The Morgan fingerprint density at radius 3 is 2.62 bits per heavy atom. The van der Waals surface area contributed by atoms with Crippen molar-refractivity contribution in [2.45, 2.75) is 32.5 Å². The number of ether oxygens (including phenoxy) is 4. The molecule has 3 aromatic carbocycles. The van der Waals surface area contributed by atoms with Crippen molar-refractivity contribution in [3.05, 3.63) is 76.9 Å². The van der Waals surface area contributed by atoms with Gasteiger partial charge in [0, 0.05) is 23.1 Å². The predicted octanol–water partition coefficient (Wildman–Crippen LogP) is 5.36. The molecule has 34 heavy (non-hydrogen) atoms. The van der Waals surface area contributed by atoms with Crippen molar-refractivity contribution >= 4 is 5.71 Å². The van der Waals surface area contributed by atoms with Crippen molar-refractivity contribution in [2.24, 2.45) is 5.10 Å². The third-order valence-electron chi connectivity index (χ3n) is 6.24. The molecule has 0 bridgehead atoms. The van der Waals surface area contributed by atoms with Crippen LogP contribution in [0.15, 0.2) is 59.7 Å². The molecule has 0 fully saturated rings. The number of hydrogen-bond donors (Lipinski definition) is 1. The Bertz CT molecular complexity index is 1260. The Hall–Kier alpha value is -3.87. The summed E-state index contributed by atoms with van der Waals surface area (Å²) in [6, 6.07) is 17.2. The number of hydrogen-bond acceptors (Lipinski definition) is 7. The van der Waals surface area contributed by atoms with Gasteiger partial charge in [-0.05, 0) is 50.2 Å². The summed E-state index contributed by atoms with van der Waals surface area (Å²) in [4.78, 5) is 0. The lowest BCUT2D eigenvalue weighted by atomic mass is 9.94. The number of methoxy groups -OCH3 is 2. The first-order valence-electron chi connectivity index (χ1n) is 11.3. The fourth-order valence-corrected chi connectivity index (χ4v) is 4.62. The van der Waals surface area contributed by atoms with Crippen LogP contribution in [0.1, 0.15) is 47.9 Å². The highest BCUT2D eigenvalue weighted by molar-refractivity contribution is 6.04. The Morgan fingerprint density at radius 1 is 1.03 bits per heavy atom. The number of rotatable bonds is 6. The molecule has 0 unspecified atom stereocenters. The maximum Gasteiger partial charge on any atom is 0.214 e. The van der Waals surface area contributed by atoms with Crippen LogP contribution in [0.5, 0.6) is 28.7 Å². The summed E-state index contributed by atoms with van der Waals surface area (Å²) >= 11 is 0. The highest BCUT2D eigenvalue weighted by atomic mass is 16.5. The lowest BCUT2D eigenvalue weighted by Crippen LogP contribution is -2.33. The molecule has 176 valence electrons. The predicted molar refractivity (Wildman–Crippen MR) is 129 cm³/mol.